The number of thioether (sulfide) groups is 1. The number of nitrogens with one attached hydrogen (secondary N) is 1. The molecule has 0 unspecified atom stereocenters. The van der Waals surface area contributed by atoms with Crippen LogP contribution in [0.15, 0.2) is 47.6 Å². The van der Waals surface area contributed by atoms with Gasteiger partial charge in [0.2, 0.25) is 5.16 Å². The number of aromatic nitrogens is 3. The Balaban J connectivity index is 1.74. The van der Waals surface area contributed by atoms with Crippen molar-refractivity contribution in [3.05, 3.63) is 70.5 Å². The van der Waals surface area contributed by atoms with Gasteiger partial charge in [0, 0.05) is 5.56 Å². The van der Waals surface area contributed by atoms with Gasteiger partial charge >= 0.3 is 0 Å². The molecule has 7 heteroatoms. The first-order valence-corrected chi connectivity index (χ1v) is 9.96. The van der Waals surface area contributed by atoms with E-state index in [0.717, 1.165) is 22.7 Å². The third-order valence-corrected chi connectivity index (χ3v) is 6.34. The molecule has 0 saturated carbocycles. The number of benzene rings is 2. The van der Waals surface area contributed by atoms with Gasteiger partial charge in [0.15, 0.2) is 5.78 Å². The zero-order chi connectivity index (χ0) is 19.8. The van der Waals surface area contributed by atoms with Crippen molar-refractivity contribution in [2.24, 2.45) is 0 Å². The van der Waals surface area contributed by atoms with Crippen molar-refractivity contribution in [2.45, 2.75) is 37.2 Å². The quantitative estimate of drug-likeness (QED) is 0.678. The maximum atomic E-state index is 13.4. The number of nitrogens with zero attached hydrogens (tertiary/aromatic N) is 3. The second-order valence-electron chi connectivity index (χ2n) is 6.95. The number of aryl methyl sites for hydroxylation is 3. The summed E-state index contributed by atoms with van der Waals surface area (Å²) in [5, 5.41) is 8.70. The fourth-order valence-corrected chi connectivity index (χ4v) is 4.48. The molecule has 28 heavy (non-hydrogen) atoms. The predicted molar refractivity (Wildman–Crippen MR) is 110 cm³/mol. The summed E-state index contributed by atoms with van der Waals surface area (Å²) in [6.07, 6.45) is 0. The van der Waals surface area contributed by atoms with E-state index in [1.165, 1.54) is 17.3 Å². The Labute approximate surface area is 168 Å². The van der Waals surface area contributed by atoms with Crippen LogP contribution in [0, 0.1) is 20.8 Å². The van der Waals surface area contributed by atoms with Gasteiger partial charge in [-0.05, 0) is 55.7 Å². The summed E-state index contributed by atoms with van der Waals surface area (Å²) in [5.74, 6) is 1.62. The Morgan fingerprint density at radius 3 is 2.50 bits per heavy atom. The van der Waals surface area contributed by atoms with Gasteiger partial charge in [-0.1, -0.05) is 36.0 Å². The molecule has 2 heterocycles. The number of methoxy groups -OCH3 is 1. The zero-order valence-electron chi connectivity index (χ0n) is 16.3. The van der Waals surface area contributed by atoms with E-state index in [1.807, 2.05) is 67.9 Å². The van der Waals surface area contributed by atoms with Crippen molar-refractivity contribution in [1.29, 1.82) is 0 Å². The molecule has 1 N–H and O–H groups in total. The Morgan fingerprint density at radius 1 is 1.07 bits per heavy atom. The van der Waals surface area contributed by atoms with Crippen molar-refractivity contribution >= 4 is 17.5 Å². The van der Waals surface area contributed by atoms with E-state index in [0.29, 0.717) is 10.7 Å². The Kier molecular flexibility index (Phi) is 4.85. The summed E-state index contributed by atoms with van der Waals surface area (Å²) in [6, 6.07) is 13.5. The molecule has 0 bridgehead atoms. The third-order valence-electron chi connectivity index (χ3n) is 5.12. The van der Waals surface area contributed by atoms with Gasteiger partial charge in [-0.25, -0.2) is 4.68 Å². The smallest absolute Gasteiger partial charge is 0.210 e. The molecule has 0 saturated heterocycles. The fraction of sp³-hybridized carbons (Fsp3) is 0.286. The normalized spacial score (nSPS) is 18.3. The van der Waals surface area contributed by atoms with Crippen LogP contribution in [0.4, 0.5) is 0 Å². The highest BCUT2D eigenvalue weighted by molar-refractivity contribution is 8.00. The van der Waals surface area contributed by atoms with E-state index < -0.39 is 0 Å². The van der Waals surface area contributed by atoms with E-state index in [4.69, 9.17) is 4.74 Å². The number of hydrogen-bond acceptors (Lipinski definition) is 6. The molecule has 144 valence electrons. The SMILES string of the molecule is COc1ccc([C@H]2Nn3c(C)nnc3S[C@H]2C(=O)c2ccc(C)c(C)c2)cc1. The molecule has 1 aliphatic rings. The zero-order valence-corrected chi connectivity index (χ0v) is 17.1. The third kappa shape index (κ3) is 3.26. The number of carbonyl (C=O) groups excluding carboxylic acids is 1. The molecule has 0 aliphatic carbocycles. The lowest BCUT2D eigenvalue weighted by molar-refractivity contribution is 0.0980. The first-order valence-electron chi connectivity index (χ1n) is 9.08. The average molecular weight is 395 g/mol. The number of rotatable bonds is 4. The number of fused-ring (bicyclic) bond motifs is 1. The lowest BCUT2D eigenvalue weighted by atomic mass is 9.95. The van der Waals surface area contributed by atoms with Crippen LogP contribution >= 0.6 is 11.8 Å². The topological polar surface area (TPSA) is 69.0 Å². The molecule has 1 aromatic heterocycles. The summed E-state index contributed by atoms with van der Waals surface area (Å²) < 4.78 is 7.12. The highest BCUT2D eigenvalue weighted by atomic mass is 32.2. The highest BCUT2D eigenvalue weighted by Gasteiger charge is 2.37. The highest BCUT2D eigenvalue weighted by Crippen LogP contribution is 2.39. The van der Waals surface area contributed by atoms with Crippen LogP contribution in [0.5, 0.6) is 5.75 Å². The van der Waals surface area contributed by atoms with Crippen LogP contribution < -0.4 is 10.2 Å². The lowest BCUT2D eigenvalue weighted by Gasteiger charge is -2.33. The molecule has 0 fully saturated rings. The monoisotopic (exact) mass is 394 g/mol. The fourth-order valence-electron chi connectivity index (χ4n) is 3.28. The molecule has 0 amide bonds. The number of ketones is 1. The van der Waals surface area contributed by atoms with Crippen molar-refractivity contribution in [3.63, 3.8) is 0 Å². The van der Waals surface area contributed by atoms with Crippen molar-refractivity contribution < 1.29 is 9.53 Å². The second kappa shape index (κ2) is 7.31. The van der Waals surface area contributed by atoms with Crippen LogP contribution in [0.25, 0.3) is 0 Å². The molecule has 2 atom stereocenters. The average Bonchev–Trinajstić information content (AvgIpc) is 3.08. The lowest BCUT2D eigenvalue weighted by Crippen LogP contribution is -2.39. The maximum Gasteiger partial charge on any atom is 0.210 e. The molecule has 4 rings (SSSR count). The van der Waals surface area contributed by atoms with Gasteiger partial charge in [-0.15, -0.1) is 10.2 Å². The van der Waals surface area contributed by atoms with Crippen LogP contribution in [-0.4, -0.2) is 33.0 Å². The molecule has 1 aliphatic heterocycles. The molecule has 0 radical (unpaired) electrons. The molecular formula is C21H22N4O2S. The summed E-state index contributed by atoms with van der Waals surface area (Å²) in [4.78, 5) is 13.4. The van der Waals surface area contributed by atoms with Crippen molar-refractivity contribution in [2.75, 3.05) is 12.5 Å². The molecule has 2 aromatic carbocycles. The molecule has 6 nitrogen and oxygen atoms in total. The van der Waals surface area contributed by atoms with Gasteiger partial charge in [0.25, 0.3) is 0 Å². The molecule has 0 spiro atoms. The summed E-state index contributed by atoms with van der Waals surface area (Å²) in [7, 11) is 1.64. The van der Waals surface area contributed by atoms with E-state index in [1.54, 1.807) is 7.11 Å². The minimum absolute atomic E-state index is 0.0771. The Hall–Kier alpha value is -2.80. The van der Waals surface area contributed by atoms with Crippen LogP contribution in [0.1, 0.15) is 38.9 Å². The summed E-state index contributed by atoms with van der Waals surface area (Å²) in [6.45, 7) is 5.96. The van der Waals surface area contributed by atoms with Crippen molar-refractivity contribution in [3.8, 4) is 5.75 Å². The minimum atomic E-state index is -0.355. The Morgan fingerprint density at radius 2 is 1.82 bits per heavy atom. The second-order valence-corrected chi connectivity index (χ2v) is 8.06. The van der Waals surface area contributed by atoms with Gasteiger partial charge in [-0.2, -0.15) is 0 Å². The standard InChI is InChI=1S/C21H22N4O2S/c1-12-5-6-16(11-13(12)2)19(26)20-18(15-7-9-17(27-4)10-8-15)24-25-14(3)22-23-21(25)28-20/h5-11,18,20,24H,1-4H3/t18-,20-/m1/s1. The molecular weight excluding hydrogens is 372 g/mol. The first kappa shape index (κ1) is 18.6. The van der Waals surface area contributed by atoms with Crippen LogP contribution in [-0.2, 0) is 0 Å². The van der Waals surface area contributed by atoms with Crippen LogP contribution in [0.2, 0.25) is 0 Å². The van der Waals surface area contributed by atoms with E-state index in [9.17, 15) is 4.79 Å². The van der Waals surface area contributed by atoms with E-state index in [2.05, 4.69) is 15.6 Å². The van der Waals surface area contributed by atoms with E-state index >= 15 is 0 Å². The van der Waals surface area contributed by atoms with Gasteiger partial charge in [0.1, 0.15) is 16.8 Å². The number of ether oxygens (including phenoxy) is 1. The number of carbonyl (C=O) groups is 1. The maximum absolute atomic E-state index is 13.4. The van der Waals surface area contributed by atoms with Gasteiger partial charge in [0.05, 0.1) is 13.2 Å². The summed E-state index contributed by atoms with van der Waals surface area (Å²) in [5.41, 5.74) is 7.44. The van der Waals surface area contributed by atoms with Gasteiger partial charge < -0.3 is 10.2 Å². The Bertz CT molecular complexity index is 1030. The van der Waals surface area contributed by atoms with Crippen LogP contribution in [0.3, 0.4) is 0 Å². The first-order chi connectivity index (χ1) is 13.5. The predicted octanol–water partition coefficient (Wildman–Crippen LogP) is 3.85. The number of hydrogen-bond donors (Lipinski definition) is 1. The van der Waals surface area contributed by atoms with E-state index in [-0.39, 0.29) is 17.1 Å². The summed E-state index contributed by atoms with van der Waals surface area (Å²) >= 11 is 1.45. The number of Topliss-reactive ketones (excluding diaryl/α,β-unsaturated/α-hetero) is 1. The largest absolute Gasteiger partial charge is 0.497 e. The van der Waals surface area contributed by atoms with Gasteiger partial charge in [-0.3, -0.25) is 4.79 Å². The molecule has 3 aromatic rings. The van der Waals surface area contributed by atoms with Crippen molar-refractivity contribution in [1.82, 2.24) is 14.9 Å². The minimum Gasteiger partial charge on any atom is -0.497 e.